The van der Waals surface area contributed by atoms with Crippen LogP contribution in [0.2, 0.25) is 0 Å². The van der Waals surface area contributed by atoms with Gasteiger partial charge in [0.15, 0.2) is 0 Å². The van der Waals surface area contributed by atoms with Gasteiger partial charge < -0.3 is 10.6 Å². The minimum Gasteiger partial charge on any atom is -0.356 e. The van der Waals surface area contributed by atoms with Crippen molar-refractivity contribution in [3.05, 3.63) is 35.9 Å². The van der Waals surface area contributed by atoms with E-state index in [0.29, 0.717) is 12.3 Å². The minimum absolute atomic E-state index is 0.136. The first kappa shape index (κ1) is 13.7. The number of nitrogens with one attached hydrogen (secondary N) is 2. The first-order valence-corrected chi connectivity index (χ1v) is 6.17. The monoisotopic (exact) mass is 234 g/mol. The second-order valence-corrected chi connectivity index (χ2v) is 4.45. The summed E-state index contributed by atoms with van der Waals surface area (Å²) in [5, 5.41) is 6.06. The molecule has 2 N–H and O–H groups in total. The van der Waals surface area contributed by atoms with Gasteiger partial charge in [0.05, 0.1) is 0 Å². The highest BCUT2D eigenvalue weighted by atomic mass is 16.1. The number of carbonyl (C=O) groups excluding carboxylic acids is 1. The molecule has 1 unspecified atom stereocenters. The molecule has 1 amide bonds. The van der Waals surface area contributed by atoms with Crippen molar-refractivity contribution < 1.29 is 4.79 Å². The zero-order valence-electron chi connectivity index (χ0n) is 10.7. The molecule has 1 atom stereocenters. The molecule has 0 aliphatic carbocycles. The fraction of sp³-hybridized carbons (Fsp3) is 0.500. The second kappa shape index (κ2) is 7.85. The molecule has 0 aliphatic rings. The van der Waals surface area contributed by atoms with Crippen LogP contribution in [0, 0.1) is 5.92 Å². The Kier molecular flexibility index (Phi) is 6.33. The van der Waals surface area contributed by atoms with Crippen LogP contribution in [0.4, 0.5) is 0 Å². The predicted molar refractivity (Wildman–Crippen MR) is 70.9 cm³/mol. The molecule has 1 aromatic rings. The van der Waals surface area contributed by atoms with Gasteiger partial charge in [0.1, 0.15) is 0 Å². The molecule has 94 valence electrons. The van der Waals surface area contributed by atoms with E-state index in [1.54, 1.807) is 0 Å². The molecule has 0 spiro atoms. The van der Waals surface area contributed by atoms with Gasteiger partial charge in [0.2, 0.25) is 5.91 Å². The molecule has 17 heavy (non-hydrogen) atoms. The van der Waals surface area contributed by atoms with Gasteiger partial charge in [0, 0.05) is 13.0 Å². The number of carbonyl (C=O) groups is 1. The molecule has 0 aromatic heterocycles. The third-order valence-corrected chi connectivity index (χ3v) is 2.68. The standard InChI is InChI=1S/C14H22N2O/c1-12(10-15-2)11-16-14(17)9-8-13-6-4-3-5-7-13/h3-7,12,15H,8-11H2,1-2H3,(H,16,17). The largest absolute Gasteiger partial charge is 0.356 e. The van der Waals surface area contributed by atoms with E-state index in [4.69, 9.17) is 0 Å². The molecule has 0 radical (unpaired) electrons. The van der Waals surface area contributed by atoms with Crippen LogP contribution in [0.25, 0.3) is 0 Å². The molecule has 0 saturated heterocycles. The smallest absolute Gasteiger partial charge is 0.220 e. The lowest BCUT2D eigenvalue weighted by Gasteiger charge is -2.11. The highest BCUT2D eigenvalue weighted by Gasteiger charge is 2.04. The van der Waals surface area contributed by atoms with Crippen molar-refractivity contribution in [3.8, 4) is 0 Å². The Morgan fingerprint density at radius 1 is 1.24 bits per heavy atom. The Balaban J connectivity index is 2.17. The number of rotatable bonds is 7. The fourth-order valence-electron chi connectivity index (χ4n) is 1.70. The summed E-state index contributed by atoms with van der Waals surface area (Å²) in [6.07, 6.45) is 1.38. The van der Waals surface area contributed by atoms with Crippen LogP contribution >= 0.6 is 0 Å². The van der Waals surface area contributed by atoms with Crippen molar-refractivity contribution in [2.75, 3.05) is 20.1 Å². The van der Waals surface area contributed by atoms with Crippen LogP contribution in [0.1, 0.15) is 18.9 Å². The molecule has 0 saturated carbocycles. The Morgan fingerprint density at radius 2 is 1.94 bits per heavy atom. The van der Waals surface area contributed by atoms with Crippen molar-refractivity contribution in [1.82, 2.24) is 10.6 Å². The summed E-state index contributed by atoms with van der Waals surface area (Å²) in [5.74, 6) is 0.609. The van der Waals surface area contributed by atoms with Crippen LogP contribution in [0.3, 0.4) is 0 Å². The summed E-state index contributed by atoms with van der Waals surface area (Å²) in [7, 11) is 1.92. The van der Waals surface area contributed by atoms with Gasteiger partial charge in [-0.1, -0.05) is 37.3 Å². The van der Waals surface area contributed by atoms with E-state index in [1.165, 1.54) is 5.56 Å². The van der Waals surface area contributed by atoms with Gasteiger partial charge in [-0.15, -0.1) is 0 Å². The summed E-state index contributed by atoms with van der Waals surface area (Å²) in [6.45, 7) is 3.79. The molecule has 0 heterocycles. The average molecular weight is 234 g/mol. The summed E-state index contributed by atoms with van der Waals surface area (Å²) in [4.78, 5) is 11.6. The normalized spacial score (nSPS) is 12.1. The summed E-state index contributed by atoms with van der Waals surface area (Å²) in [5.41, 5.74) is 1.21. The van der Waals surface area contributed by atoms with Gasteiger partial charge in [0.25, 0.3) is 0 Å². The SMILES string of the molecule is CNCC(C)CNC(=O)CCc1ccccc1. The highest BCUT2D eigenvalue weighted by Crippen LogP contribution is 2.02. The first-order chi connectivity index (χ1) is 8.22. The first-order valence-electron chi connectivity index (χ1n) is 6.17. The van der Waals surface area contributed by atoms with Gasteiger partial charge in [-0.05, 0) is 31.5 Å². The maximum Gasteiger partial charge on any atom is 0.220 e. The van der Waals surface area contributed by atoms with Crippen molar-refractivity contribution in [3.63, 3.8) is 0 Å². The number of aryl methyl sites for hydroxylation is 1. The van der Waals surface area contributed by atoms with Gasteiger partial charge in [-0.3, -0.25) is 4.79 Å². The Hall–Kier alpha value is -1.35. The quantitative estimate of drug-likeness (QED) is 0.752. The van der Waals surface area contributed by atoms with Gasteiger partial charge in [-0.2, -0.15) is 0 Å². The Morgan fingerprint density at radius 3 is 2.59 bits per heavy atom. The molecule has 0 aliphatic heterocycles. The van der Waals surface area contributed by atoms with Gasteiger partial charge >= 0.3 is 0 Å². The zero-order chi connectivity index (χ0) is 12.5. The molecule has 3 heteroatoms. The van der Waals surface area contributed by atoms with E-state index in [1.807, 2.05) is 25.2 Å². The van der Waals surface area contributed by atoms with Crippen molar-refractivity contribution in [2.45, 2.75) is 19.8 Å². The van der Waals surface area contributed by atoms with Gasteiger partial charge in [-0.25, -0.2) is 0 Å². The number of benzene rings is 1. The van der Waals surface area contributed by atoms with E-state index >= 15 is 0 Å². The zero-order valence-corrected chi connectivity index (χ0v) is 10.7. The molecule has 1 aromatic carbocycles. The third kappa shape index (κ3) is 6.07. The second-order valence-electron chi connectivity index (χ2n) is 4.45. The molecular weight excluding hydrogens is 212 g/mol. The van der Waals surface area contributed by atoms with Crippen molar-refractivity contribution in [1.29, 1.82) is 0 Å². The van der Waals surface area contributed by atoms with E-state index in [2.05, 4.69) is 29.7 Å². The molecule has 0 bridgehead atoms. The fourth-order valence-corrected chi connectivity index (χ4v) is 1.70. The highest BCUT2D eigenvalue weighted by molar-refractivity contribution is 5.76. The van der Waals surface area contributed by atoms with Crippen molar-refractivity contribution in [2.24, 2.45) is 5.92 Å². The van der Waals surface area contributed by atoms with Crippen LogP contribution in [0.5, 0.6) is 0 Å². The maximum atomic E-state index is 11.6. The van der Waals surface area contributed by atoms with E-state index in [0.717, 1.165) is 19.5 Å². The average Bonchev–Trinajstić information content (AvgIpc) is 2.35. The minimum atomic E-state index is 0.136. The van der Waals surface area contributed by atoms with E-state index in [9.17, 15) is 4.79 Å². The molecular formula is C14H22N2O. The number of hydrogen-bond donors (Lipinski definition) is 2. The summed E-state index contributed by atoms with van der Waals surface area (Å²) >= 11 is 0. The summed E-state index contributed by atoms with van der Waals surface area (Å²) < 4.78 is 0. The number of hydrogen-bond acceptors (Lipinski definition) is 2. The van der Waals surface area contributed by atoms with Crippen LogP contribution in [-0.4, -0.2) is 26.0 Å². The maximum absolute atomic E-state index is 11.6. The molecule has 0 fully saturated rings. The van der Waals surface area contributed by atoms with Crippen LogP contribution in [-0.2, 0) is 11.2 Å². The van der Waals surface area contributed by atoms with Crippen molar-refractivity contribution >= 4 is 5.91 Å². The Bertz CT molecular complexity index is 324. The number of amides is 1. The molecule has 3 nitrogen and oxygen atoms in total. The summed E-state index contributed by atoms with van der Waals surface area (Å²) in [6, 6.07) is 10.1. The van der Waals surface area contributed by atoms with Crippen LogP contribution in [0.15, 0.2) is 30.3 Å². The third-order valence-electron chi connectivity index (χ3n) is 2.68. The topological polar surface area (TPSA) is 41.1 Å². The predicted octanol–water partition coefficient (Wildman–Crippen LogP) is 1.59. The lowest BCUT2D eigenvalue weighted by Crippen LogP contribution is -2.32. The van der Waals surface area contributed by atoms with Crippen LogP contribution < -0.4 is 10.6 Å². The lowest BCUT2D eigenvalue weighted by molar-refractivity contribution is -0.121. The lowest BCUT2D eigenvalue weighted by atomic mass is 10.1. The Labute approximate surface area is 104 Å². The van der Waals surface area contributed by atoms with E-state index in [-0.39, 0.29) is 5.91 Å². The molecule has 1 rings (SSSR count). The van der Waals surface area contributed by atoms with E-state index < -0.39 is 0 Å².